The molecule has 3 rings (SSSR count). The van der Waals surface area contributed by atoms with Gasteiger partial charge >= 0.3 is 0 Å². The summed E-state index contributed by atoms with van der Waals surface area (Å²) >= 11 is 1.72. The Balaban J connectivity index is 1.45. The second-order valence-electron chi connectivity index (χ2n) is 7.40. The fourth-order valence-electron chi connectivity index (χ4n) is 3.40. The van der Waals surface area contributed by atoms with Crippen LogP contribution in [0.3, 0.4) is 0 Å². The number of hydrogen-bond acceptors (Lipinski definition) is 3. The third-order valence-electron chi connectivity index (χ3n) is 5.18. The van der Waals surface area contributed by atoms with Crippen LogP contribution in [-0.2, 0) is 5.75 Å². The number of nitrogens with one attached hydrogen (secondary N) is 1. The molecule has 0 radical (unpaired) electrons. The number of thioether (sulfide) groups is 1. The smallest absolute Gasteiger partial charge is 0.252 e. The van der Waals surface area contributed by atoms with Crippen LogP contribution < -0.4 is 5.32 Å². The van der Waals surface area contributed by atoms with Gasteiger partial charge in [0.15, 0.2) is 0 Å². The lowest BCUT2D eigenvalue weighted by Gasteiger charge is -2.30. The molecule has 1 N–H and O–H groups in total. The van der Waals surface area contributed by atoms with Crippen molar-refractivity contribution in [3.8, 4) is 0 Å². The van der Waals surface area contributed by atoms with Crippen molar-refractivity contribution >= 4 is 17.7 Å². The zero-order valence-corrected chi connectivity index (χ0v) is 17.0. The van der Waals surface area contributed by atoms with E-state index in [-0.39, 0.29) is 5.91 Å². The van der Waals surface area contributed by atoms with Gasteiger partial charge in [0.05, 0.1) is 5.56 Å². The average molecular weight is 383 g/mol. The van der Waals surface area contributed by atoms with Crippen molar-refractivity contribution in [3.05, 3.63) is 65.7 Å². The quantitative estimate of drug-likeness (QED) is 0.524. The van der Waals surface area contributed by atoms with E-state index in [1.165, 1.54) is 31.5 Å². The van der Waals surface area contributed by atoms with Crippen LogP contribution in [0.4, 0.5) is 0 Å². The van der Waals surface area contributed by atoms with E-state index >= 15 is 0 Å². The Morgan fingerprint density at radius 2 is 1.78 bits per heavy atom. The lowest BCUT2D eigenvalue weighted by molar-refractivity contribution is 0.0947. The lowest BCUT2D eigenvalue weighted by Crippen LogP contribution is -2.35. The summed E-state index contributed by atoms with van der Waals surface area (Å²) in [7, 11) is 0. The molecule has 0 atom stereocenters. The fourth-order valence-corrected chi connectivity index (χ4v) is 4.41. The van der Waals surface area contributed by atoms with Gasteiger partial charge in [-0.15, -0.1) is 11.8 Å². The third kappa shape index (κ3) is 6.40. The number of likely N-dealkylation sites (tertiary alicyclic amines) is 1. The van der Waals surface area contributed by atoms with Crippen LogP contribution in [0, 0.1) is 5.92 Å². The lowest BCUT2D eigenvalue weighted by atomic mass is 9.99. The maximum Gasteiger partial charge on any atom is 0.252 e. The molecule has 1 aliphatic rings. The van der Waals surface area contributed by atoms with Gasteiger partial charge in [-0.1, -0.05) is 49.4 Å². The first-order valence-electron chi connectivity index (χ1n) is 9.98. The Morgan fingerprint density at radius 1 is 1.07 bits per heavy atom. The summed E-state index contributed by atoms with van der Waals surface area (Å²) in [5.74, 6) is 1.78. The summed E-state index contributed by atoms with van der Waals surface area (Å²) in [4.78, 5) is 16.2. The molecule has 0 aromatic heterocycles. The van der Waals surface area contributed by atoms with Crippen LogP contribution in [0.2, 0.25) is 0 Å². The van der Waals surface area contributed by atoms with E-state index in [1.807, 2.05) is 30.3 Å². The van der Waals surface area contributed by atoms with E-state index in [0.29, 0.717) is 0 Å². The Labute approximate surface area is 167 Å². The second-order valence-corrected chi connectivity index (χ2v) is 8.42. The molecule has 1 fully saturated rings. The molecule has 144 valence electrons. The topological polar surface area (TPSA) is 32.3 Å². The molecule has 1 amide bonds. The van der Waals surface area contributed by atoms with Crippen LogP contribution in [0.1, 0.15) is 42.1 Å². The van der Waals surface area contributed by atoms with Gasteiger partial charge in [-0.3, -0.25) is 4.79 Å². The normalized spacial score (nSPS) is 15.6. The van der Waals surface area contributed by atoms with Crippen molar-refractivity contribution in [2.75, 3.05) is 26.2 Å². The van der Waals surface area contributed by atoms with Gasteiger partial charge in [0.1, 0.15) is 0 Å². The van der Waals surface area contributed by atoms with E-state index < -0.39 is 0 Å². The molecule has 1 saturated heterocycles. The molecule has 0 bridgehead atoms. The van der Waals surface area contributed by atoms with Gasteiger partial charge in [0.25, 0.3) is 5.91 Å². The van der Waals surface area contributed by atoms with Crippen molar-refractivity contribution in [1.29, 1.82) is 0 Å². The summed E-state index contributed by atoms with van der Waals surface area (Å²) in [6.45, 7) is 6.56. The molecule has 0 unspecified atom stereocenters. The minimum Gasteiger partial charge on any atom is -0.352 e. The van der Waals surface area contributed by atoms with E-state index in [1.54, 1.807) is 11.8 Å². The van der Waals surface area contributed by atoms with Gasteiger partial charge in [0, 0.05) is 17.2 Å². The van der Waals surface area contributed by atoms with Gasteiger partial charge < -0.3 is 10.2 Å². The fraction of sp³-hybridized carbons (Fsp3) is 0.435. The largest absolute Gasteiger partial charge is 0.352 e. The van der Waals surface area contributed by atoms with Gasteiger partial charge in [-0.25, -0.2) is 0 Å². The molecular formula is C23H30N2OS. The van der Waals surface area contributed by atoms with Crippen LogP contribution >= 0.6 is 11.8 Å². The highest BCUT2D eigenvalue weighted by Crippen LogP contribution is 2.26. The number of nitrogens with zero attached hydrogens (tertiary/aromatic N) is 1. The van der Waals surface area contributed by atoms with Crippen LogP contribution in [-0.4, -0.2) is 37.0 Å². The molecule has 2 aromatic carbocycles. The summed E-state index contributed by atoms with van der Waals surface area (Å²) in [5.41, 5.74) is 2.05. The molecule has 27 heavy (non-hydrogen) atoms. The SMILES string of the molecule is CC1CCN(CCCNC(=O)c2ccccc2SCc2ccccc2)CC1. The maximum absolute atomic E-state index is 12.6. The van der Waals surface area contributed by atoms with Crippen LogP contribution in [0.5, 0.6) is 0 Å². The highest BCUT2D eigenvalue weighted by molar-refractivity contribution is 7.98. The van der Waals surface area contributed by atoms with Crippen molar-refractivity contribution in [2.24, 2.45) is 5.92 Å². The molecule has 3 nitrogen and oxygen atoms in total. The highest BCUT2D eigenvalue weighted by Gasteiger charge is 2.15. The summed E-state index contributed by atoms with van der Waals surface area (Å²) in [6.07, 6.45) is 3.62. The number of amides is 1. The molecule has 0 spiro atoms. The number of benzene rings is 2. The Kier molecular flexibility index (Phi) is 7.79. The van der Waals surface area contributed by atoms with Crippen LogP contribution in [0.25, 0.3) is 0 Å². The maximum atomic E-state index is 12.6. The second kappa shape index (κ2) is 10.5. The van der Waals surface area contributed by atoms with Crippen molar-refractivity contribution in [2.45, 2.75) is 36.8 Å². The predicted octanol–water partition coefficient (Wildman–Crippen LogP) is 4.83. The standard InChI is InChI=1S/C23H30N2OS/c1-19-12-16-25(17-13-19)15-7-14-24-23(26)21-10-5-6-11-22(21)27-18-20-8-3-2-4-9-20/h2-6,8-11,19H,7,12-18H2,1H3,(H,24,26). The van der Waals surface area contributed by atoms with Crippen molar-refractivity contribution < 1.29 is 4.79 Å². The van der Waals surface area contributed by atoms with E-state index in [4.69, 9.17) is 0 Å². The van der Waals surface area contributed by atoms with Crippen molar-refractivity contribution in [1.82, 2.24) is 10.2 Å². The van der Waals surface area contributed by atoms with Crippen LogP contribution in [0.15, 0.2) is 59.5 Å². The number of rotatable bonds is 8. The van der Waals surface area contributed by atoms with Crippen molar-refractivity contribution in [3.63, 3.8) is 0 Å². The number of hydrogen-bond donors (Lipinski definition) is 1. The Bertz CT molecular complexity index is 711. The summed E-state index contributed by atoms with van der Waals surface area (Å²) in [5, 5.41) is 3.11. The van der Waals surface area contributed by atoms with E-state index in [2.05, 4.69) is 41.4 Å². The monoisotopic (exact) mass is 382 g/mol. The Hall–Kier alpha value is -1.78. The zero-order chi connectivity index (χ0) is 18.9. The molecule has 2 aromatic rings. The van der Waals surface area contributed by atoms with E-state index in [9.17, 15) is 4.79 Å². The molecule has 1 heterocycles. The zero-order valence-electron chi connectivity index (χ0n) is 16.2. The summed E-state index contributed by atoms with van der Waals surface area (Å²) in [6, 6.07) is 18.3. The van der Waals surface area contributed by atoms with Gasteiger partial charge in [-0.05, 0) is 62.5 Å². The van der Waals surface area contributed by atoms with Gasteiger partial charge in [0.2, 0.25) is 0 Å². The minimum absolute atomic E-state index is 0.0402. The number of carbonyl (C=O) groups is 1. The first-order valence-corrected chi connectivity index (χ1v) is 11.0. The first-order chi connectivity index (χ1) is 13.2. The predicted molar refractivity (Wildman–Crippen MR) is 114 cm³/mol. The average Bonchev–Trinajstić information content (AvgIpc) is 2.72. The summed E-state index contributed by atoms with van der Waals surface area (Å²) < 4.78 is 0. The highest BCUT2D eigenvalue weighted by atomic mass is 32.2. The number of piperidine rings is 1. The molecular weight excluding hydrogens is 352 g/mol. The van der Waals surface area contributed by atoms with Gasteiger partial charge in [-0.2, -0.15) is 0 Å². The number of carbonyl (C=O) groups excluding carboxylic acids is 1. The minimum atomic E-state index is 0.0402. The Morgan fingerprint density at radius 3 is 2.56 bits per heavy atom. The molecule has 0 saturated carbocycles. The first kappa shape index (κ1) is 20.0. The molecule has 1 aliphatic heterocycles. The molecule has 0 aliphatic carbocycles. The third-order valence-corrected chi connectivity index (χ3v) is 6.33. The van der Waals surface area contributed by atoms with E-state index in [0.717, 1.165) is 41.6 Å². The molecule has 4 heteroatoms.